The first kappa shape index (κ1) is 13.8. The lowest BCUT2D eigenvalue weighted by atomic mass is 10.2. The van der Waals surface area contributed by atoms with Gasteiger partial charge < -0.3 is 9.15 Å². The van der Waals surface area contributed by atoms with Crippen molar-refractivity contribution < 1.29 is 13.9 Å². The van der Waals surface area contributed by atoms with Crippen molar-refractivity contribution in [2.45, 2.75) is 20.3 Å². The Kier molecular flexibility index (Phi) is 4.37. The summed E-state index contributed by atoms with van der Waals surface area (Å²) < 4.78 is 11.4. The molecule has 0 aliphatic rings. The predicted octanol–water partition coefficient (Wildman–Crippen LogP) is 3.84. The number of carbonyl (C=O) groups is 1. The highest BCUT2D eigenvalue weighted by Gasteiger charge is 2.20. The van der Waals surface area contributed by atoms with Crippen LogP contribution in [0.5, 0.6) is 0 Å². The second-order valence-electron chi connectivity index (χ2n) is 3.88. The first-order chi connectivity index (χ1) is 9.15. The molecule has 0 saturated heterocycles. The summed E-state index contributed by atoms with van der Waals surface area (Å²) in [5.41, 5.74) is 1.44. The van der Waals surface area contributed by atoms with Crippen LogP contribution < -0.4 is 0 Å². The molecule has 1 aromatic heterocycles. The number of hydrogen-bond donors (Lipinski definition) is 0. The quantitative estimate of drug-likeness (QED) is 0.802. The van der Waals surface area contributed by atoms with E-state index >= 15 is 0 Å². The summed E-state index contributed by atoms with van der Waals surface area (Å²) in [6, 6.07) is 7.57. The van der Waals surface area contributed by atoms with E-state index in [1.807, 2.05) is 31.2 Å². The van der Waals surface area contributed by atoms with Crippen molar-refractivity contribution in [2.75, 3.05) is 6.61 Å². The molecule has 19 heavy (non-hydrogen) atoms. The molecule has 0 N–H and O–H groups in total. The second kappa shape index (κ2) is 6.02. The molecule has 4 nitrogen and oxygen atoms in total. The minimum atomic E-state index is -0.465. The van der Waals surface area contributed by atoms with Crippen LogP contribution in [0.2, 0.25) is 0 Å². The lowest BCUT2D eigenvalue weighted by molar-refractivity contribution is 0.0489. The monoisotopic (exact) mass is 323 g/mol. The number of ether oxygens (including phenoxy) is 1. The van der Waals surface area contributed by atoms with E-state index in [2.05, 4.69) is 20.9 Å². The largest absolute Gasteiger partial charge is 0.460 e. The minimum Gasteiger partial charge on any atom is -0.460 e. The third kappa shape index (κ3) is 3.04. The molecule has 0 unspecified atom stereocenters. The standard InChI is InChI=1S/C14H14BrNO3/c1-3-11-12(14(17)18-4-2)19-13(16-11)9-6-5-7-10(15)8-9/h5-8H,3-4H2,1-2H3. The molecule has 1 heterocycles. The zero-order valence-electron chi connectivity index (χ0n) is 10.8. The molecule has 100 valence electrons. The van der Waals surface area contributed by atoms with Crippen LogP contribution in [0.25, 0.3) is 11.5 Å². The van der Waals surface area contributed by atoms with Gasteiger partial charge in [0.05, 0.1) is 12.3 Å². The number of hydrogen-bond acceptors (Lipinski definition) is 4. The molecule has 1 aromatic carbocycles. The van der Waals surface area contributed by atoms with E-state index in [-0.39, 0.29) is 5.76 Å². The third-order valence-electron chi connectivity index (χ3n) is 2.56. The van der Waals surface area contributed by atoms with Gasteiger partial charge in [0, 0.05) is 10.0 Å². The van der Waals surface area contributed by atoms with E-state index in [0.29, 0.717) is 24.6 Å². The van der Waals surface area contributed by atoms with E-state index in [1.54, 1.807) is 6.92 Å². The summed E-state index contributed by atoms with van der Waals surface area (Å²) >= 11 is 3.39. The van der Waals surface area contributed by atoms with Crippen LogP contribution in [0, 0.1) is 0 Å². The van der Waals surface area contributed by atoms with E-state index < -0.39 is 5.97 Å². The maximum Gasteiger partial charge on any atom is 0.376 e. The van der Waals surface area contributed by atoms with Gasteiger partial charge in [0.15, 0.2) is 0 Å². The van der Waals surface area contributed by atoms with Crippen molar-refractivity contribution in [1.29, 1.82) is 0 Å². The number of benzene rings is 1. The topological polar surface area (TPSA) is 52.3 Å². The maximum absolute atomic E-state index is 11.8. The Morgan fingerprint density at radius 1 is 1.42 bits per heavy atom. The average Bonchev–Trinajstić information content (AvgIpc) is 2.83. The highest BCUT2D eigenvalue weighted by Crippen LogP contribution is 2.25. The van der Waals surface area contributed by atoms with Crippen molar-refractivity contribution in [2.24, 2.45) is 0 Å². The Morgan fingerprint density at radius 2 is 2.21 bits per heavy atom. The Bertz CT molecular complexity index is 592. The van der Waals surface area contributed by atoms with Gasteiger partial charge in [-0.25, -0.2) is 9.78 Å². The molecule has 0 atom stereocenters. The Morgan fingerprint density at radius 3 is 2.84 bits per heavy atom. The van der Waals surface area contributed by atoms with Gasteiger partial charge >= 0.3 is 5.97 Å². The number of aromatic nitrogens is 1. The van der Waals surface area contributed by atoms with Crippen LogP contribution >= 0.6 is 15.9 Å². The molecule has 2 rings (SSSR count). The van der Waals surface area contributed by atoms with Gasteiger partial charge in [-0.2, -0.15) is 0 Å². The highest BCUT2D eigenvalue weighted by molar-refractivity contribution is 9.10. The van der Waals surface area contributed by atoms with E-state index in [0.717, 1.165) is 10.0 Å². The molecule has 0 aliphatic heterocycles. The lowest BCUT2D eigenvalue weighted by Gasteiger charge is -1.98. The van der Waals surface area contributed by atoms with Crippen molar-refractivity contribution >= 4 is 21.9 Å². The van der Waals surface area contributed by atoms with Gasteiger partial charge in [0.25, 0.3) is 0 Å². The summed E-state index contributed by atoms with van der Waals surface area (Å²) in [6.07, 6.45) is 0.617. The Labute approximate surface area is 119 Å². The summed E-state index contributed by atoms with van der Waals surface area (Å²) in [5, 5.41) is 0. The summed E-state index contributed by atoms with van der Waals surface area (Å²) in [4.78, 5) is 16.1. The van der Waals surface area contributed by atoms with Crippen LogP contribution in [-0.2, 0) is 11.2 Å². The minimum absolute atomic E-state index is 0.194. The molecule has 0 saturated carbocycles. The highest BCUT2D eigenvalue weighted by atomic mass is 79.9. The fraction of sp³-hybridized carbons (Fsp3) is 0.286. The van der Waals surface area contributed by atoms with Crippen molar-refractivity contribution in [3.05, 3.63) is 40.2 Å². The first-order valence-corrected chi connectivity index (χ1v) is 6.87. The molecule has 5 heteroatoms. The van der Waals surface area contributed by atoms with Crippen molar-refractivity contribution in [3.8, 4) is 11.5 Å². The molecule has 0 aliphatic carbocycles. The predicted molar refractivity (Wildman–Crippen MR) is 75.0 cm³/mol. The Balaban J connectivity index is 2.41. The number of carbonyl (C=O) groups excluding carboxylic acids is 1. The fourth-order valence-corrected chi connectivity index (χ4v) is 2.09. The molecular weight excluding hydrogens is 310 g/mol. The smallest absolute Gasteiger partial charge is 0.376 e. The van der Waals surface area contributed by atoms with Crippen LogP contribution in [0.1, 0.15) is 30.1 Å². The molecular formula is C14H14BrNO3. The fourth-order valence-electron chi connectivity index (χ4n) is 1.69. The molecule has 0 radical (unpaired) electrons. The number of halogens is 1. The summed E-state index contributed by atoms with van der Waals surface area (Å²) in [7, 11) is 0. The molecule has 2 aromatic rings. The summed E-state index contributed by atoms with van der Waals surface area (Å²) in [6.45, 7) is 4.00. The van der Waals surface area contributed by atoms with Crippen molar-refractivity contribution in [1.82, 2.24) is 4.98 Å². The number of oxazole rings is 1. The van der Waals surface area contributed by atoms with Crippen LogP contribution in [0.4, 0.5) is 0 Å². The van der Waals surface area contributed by atoms with Crippen LogP contribution in [0.3, 0.4) is 0 Å². The number of aryl methyl sites for hydroxylation is 1. The number of rotatable bonds is 4. The Hall–Kier alpha value is -1.62. The zero-order chi connectivity index (χ0) is 13.8. The number of esters is 1. The molecule has 0 fully saturated rings. The van der Waals surface area contributed by atoms with Gasteiger partial charge in [-0.3, -0.25) is 0 Å². The van der Waals surface area contributed by atoms with Gasteiger partial charge in [-0.05, 0) is 31.5 Å². The maximum atomic E-state index is 11.8. The molecule has 0 bridgehead atoms. The van der Waals surface area contributed by atoms with E-state index in [1.165, 1.54) is 0 Å². The van der Waals surface area contributed by atoms with Gasteiger partial charge in [0.2, 0.25) is 11.7 Å². The van der Waals surface area contributed by atoms with Gasteiger partial charge in [-0.15, -0.1) is 0 Å². The zero-order valence-corrected chi connectivity index (χ0v) is 12.4. The number of nitrogens with zero attached hydrogens (tertiary/aromatic N) is 1. The normalized spacial score (nSPS) is 10.5. The van der Waals surface area contributed by atoms with Crippen LogP contribution in [-0.4, -0.2) is 17.6 Å². The first-order valence-electron chi connectivity index (χ1n) is 6.08. The molecule has 0 spiro atoms. The lowest BCUT2D eigenvalue weighted by Crippen LogP contribution is -2.05. The van der Waals surface area contributed by atoms with Crippen molar-refractivity contribution in [3.63, 3.8) is 0 Å². The summed E-state index contributed by atoms with van der Waals surface area (Å²) in [5.74, 6) is 0.161. The van der Waals surface area contributed by atoms with E-state index in [4.69, 9.17) is 9.15 Å². The second-order valence-corrected chi connectivity index (χ2v) is 4.79. The van der Waals surface area contributed by atoms with Gasteiger partial charge in [0.1, 0.15) is 0 Å². The SMILES string of the molecule is CCOC(=O)c1oc(-c2cccc(Br)c2)nc1CC. The molecule has 0 amide bonds. The van der Waals surface area contributed by atoms with Gasteiger partial charge in [-0.1, -0.05) is 28.9 Å². The van der Waals surface area contributed by atoms with Crippen LogP contribution in [0.15, 0.2) is 33.2 Å². The van der Waals surface area contributed by atoms with E-state index in [9.17, 15) is 4.79 Å². The average molecular weight is 324 g/mol. The third-order valence-corrected chi connectivity index (χ3v) is 3.06.